The Morgan fingerprint density at radius 2 is 0.833 bits per heavy atom. The summed E-state index contributed by atoms with van der Waals surface area (Å²) in [5.41, 5.74) is 0. The van der Waals surface area contributed by atoms with Gasteiger partial charge in [0.2, 0.25) is 0 Å². The number of hydrogen-bond donors (Lipinski definition) is 2. The summed E-state index contributed by atoms with van der Waals surface area (Å²) in [4.78, 5) is 0. The van der Waals surface area contributed by atoms with Crippen molar-refractivity contribution in [1.29, 1.82) is 10.8 Å². The van der Waals surface area contributed by atoms with Crippen LogP contribution >= 0.6 is 0 Å². The average Bonchev–Trinajstić information content (AvgIpc) is 2.16. The third-order valence-corrected chi connectivity index (χ3v) is 0.742. The van der Waals surface area contributed by atoms with E-state index in [0.717, 1.165) is 0 Å². The van der Waals surface area contributed by atoms with E-state index in [9.17, 15) is 0 Å². The van der Waals surface area contributed by atoms with Crippen molar-refractivity contribution in [3.8, 4) is 0 Å². The van der Waals surface area contributed by atoms with Gasteiger partial charge in [0, 0.05) is 0 Å². The maximum absolute atomic E-state index is 6.54. The summed E-state index contributed by atoms with van der Waals surface area (Å²) in [7, 11) is 5.52. The van der Waals surface area contributed by atoms with Crippen LogP contribution in [0.5, 0.6) is 0 Å². The van der Waals surface area contributed by atoms with E-state index in [1.165, 1.54) is 28.4 Å². The van der Waals surface area contributed by atoms with Crippen molar-refractivity contribution in [2.24, 2.45) is 0 Å². The lowest BCUT2D eigenvalue weighted by atomic mass is 11.2. The lowest BCUT2D eigenvalue weighted by Gasteiger charge is -1.94. The molecule has 0 aliphatic rings. The van der Waals surface area contributed by atoms with E-state index in [1.807, 2.05) is 0 Å². The first-order valence-electron chi connectivity index (χ1n) is 2.95. The zero-order valence-electron chi connectivity index (χ0n) is 7.63. The van der Waals surface area contributed by atoms with Crippen molar-refractivity contribution < 1.29 is 18.9 Å². The second-order valence-corrected chi connectivity index (χ2v) is 1.39. The highest BCUT2D eigenvalue weighted by molar-refractivity contribution is 5.62. The molecule has 0 spiro atoms. The lowest BCUT2D eigenvalue weighted by Crippen LogP contribution is -1.99. The minimum atomic E-state index is -0.157. The quantitative estimate of drug-likeness (QED) is 0.416. The van der Waals surface area contributed by atoms with E-state index in [4.69, 9.17) is 10.8 Å². The zero-order chi connectivity index (χ0) is 9.98. The fraction of sp³-hybridized carbons (Fsp3) is 0.667. The molecule has 6 nitrogen and oxygen atoms in total. The molecule has 0 unspecified atom stereocenters. The molecule has 0 fully saturated rings. The summed E-state index contributed by atoms with van der Waals surface area (Å²) in [5.74, 6) is 0. The van der Waals surface area contributed by atoms with Crippen LogP contribution in [0, 0.1) is 10.8 Å². The van der Waals surface area contributed by atoms with Gasteiger partial charge < -0.3 is 18.9 Å². The Labute approximate surface area is 71.4 Å². The van der Waals surface area contributed by atoms with Crippen molar-refractivity contribution in [3.63, 3.8) is 0 Å². The van der Waals surface area contributed by atoms with Gasteiger partial charge >= 0.3 is 12.2 Å². The van der Waals surface area contributed by atoms with Crippen LogP contribution in [0.15, 0.2) is 0 Å². The molecule has 0 aliphatic carbocycles. The minimum absolute atomic E-state index is 0.157. The van der Waals surface area contributed by atoms with Gasteiger partial charge in [0.05, 0.1) is 28.4 Å². The van der Waals surface area contributed by atoms with Crippen LogP contribution < -0.4 is 0 Å². The third kappa shape index (κ3) is 11.4. The van der Waals surface area contributed by atoms with E-state index in [1.54, 1.807) is 0 Å². The first kappa shape index (κ1) is 13.2. The molecular formula is C6H14N2O4. The van der Waals surface area contributed by atoms with Gasteiger partial charge in [-0.1, -0.05) is 0 Å². The van der Waals surface area contributed by atoms with Gasteiger partial charge in [-0.2, -0.15) is 0 Å². The molecule has 0 aromatic carbocycles. The maximum Gasteiger partial charge on any atom is 0.379 e. The predicted molar refractivity (Wildman–Crippen MR) is 43.5 cm³/mol. The number of rotatable bonds is 0. The normalized spacial score (nSPS) is 7.00. The van der Waals surface area contributed by atoms with Crippen molar-refractivity contribution in [2.45, 2.75) is 0 Å². The molecule has 0 atom stereocenters. The SMILES string of the molecule is COC(=N)OC.COC(=N)OC. The topological polar surface area (TPSA) is 84.6 Å². The summed E-state index contributed by atoms with van der Waals surface area (Å²) in [6.45, 7) is 0. The summed E-state index contributed by atoms with van der Waals surface area (Å²) < 4.78 is 17.0. The molecule has 6 heteroatoms. The first-order chi connectivity index (χ1) is 5.62. The van der Waals surface area contributed by atoms with E-state index in [0.29, 0.717) is 0 Å². The Morgan fingerprint density at radius 3 is 0.833 bits per heavy atom. The van der Waals surface area contributed by atoms with Crippen LogP contribution in [0.25, 0.3) is 0 Å². The van der Waals surface area contributed by atoms with E-state index >= 15 is 0 Å². The van der Waals surface area contributed by atoms with Crippen LogP contribution in [0.3, 0.4) is 0 Å². The van der Waals surface area contributed by atoms with Gasteiger partial charge in [-0.3, -0.25) is 0 Å². The summed E-state index contributed by atoms with van der Waals surface area (Å²) in [6, 6.07) is 0. The standard InChI is InChI=1S/2C3H7NO2/c2*1-5-3(4)6-2/h2*4H,1-2H3. The van der Waals surface area contributed by atoms with Crippen LogP contribution in [0.2, 0.25) is 0 Å². The van der Waals surface area contributed by atoms with Crippen molar-refractivity contribution >= 4 is 12.2 Å². The Balaban J connectivity index is 0. The molecule has 0 amide bonds. The highest BCUT2D eigenvalue weighted by Crippen LogP contribution is 1.69. The van der Waals surface area contributed by atoms with E-state index < -0.39 is 0 Å². The molecule has 0 saturated heterocycles. The number of methoxy groups -OCH3 is 4. The molecule has 0 aliphatic heterocycles. The fourth-order valence-electron chi connectivity index (χ4n) is 0.167. The van der Waals surface area contributed by atoms with Gasteiger partial charge in [-0.05, 0) is 0 Å². The molecule has 0 saturated carbocycles. The second-order valence-electron chi connectivity index (χ2n) is 1.39. The Bertz CT molecular complexity index is 110. The summed E-state index contributed by atoms with van der Waals surface area (Å²) in [5, 5.41) is 13.1. The number of ether oxygens (including phenoxy) is 4. The van der Waals surface area contributed by atoms with E-state index in [-0.39, 0.29) is 12.2 Å². The minimum Gasteiger partial charge on any atom is -0.454 e. The van der Waals surface area contributed by atoms with E-state index in [2.05, 4.69) is 18.9 Å². The van der Waals surface area contributed by atoms with Gasteiger partial charge in [0.15, 0.2) is 0 Å². The van der Waals surface area contributed by atoms with Crippen molar-refractivity contribution in [2.75, 3.05) is 28.4 Å². The monoisotopic (exact) mass is 178 g/mol. The molecule has 0 rings (SSSR count). The molecule has 0 bridgehead atoms. The second kappa shape index (κ2) is 9.54. The average molecular weight is 178 g/mol. The molecular weight excluding hydrogens is 164 g/mol. The molecule has 0 aromatic rings. The van der Waals surface area contributed by atoms with Crippen LogP contribution in [0.1, 0.15) is 0 Å². The maximum atomic E-state index is 6.54. The lowest BCUT2D eigenvalue weighted by molar-refractivity contribution is 0.238. The highest BCUT2D eigenvalue weighted by atomic mass is 16.7. The van der Waals surface area contributed by atoms with Crippen molar-refractivity contribution in [1.82, 2.24) is 0 Å². The first-order valence-corrected chi connectivity index (χ1v) is 2.95. The molecule has 0 radical (unpaired) electrons. The van der Waals surface area contributed by atoms with Gasteiger partial charge in [0.1, 0.15) is 0 Å². The fourth-order valence-corrected chi connectivity index (χ4v) is 0.167. The molecule has 12 heavy (non-hydrogen) atoms. The molecule has 72 valence electrons. The zero-order valence-corrected chi connectivity index (χ0v) is 7.63. The van der Waals surface area contributed by atoms with Crippen LogP contribution in [-0.4, -0.2) is 40.6 Å². The van der Waals surface area contributed by atoms with Gasteiger partial charge in [-0.15, -0.1) is 0 Å². The largest absolute Gasteiger partial charge is 0.454 e. The predicted octanol–water partition coefficient (Wildman–Crippen LogP) is 0.428. The van der Waals surface area contributed by atoms with Crippen LogP contribution in [-0.2, 0) is 18.9 Å². The Morgan fingerprint density at radius 1 is 0.667 bits per heavy atom. The number of nitrogens with one attached hydrogen (secondary N) is 2. The molecule has 0 heterocycles. The summed E-state index contributed by atoms with van der Waals surface area (Å²) >= 11 is 0. The van der Waals surface area contributed by atoms with Crippen molar-refractivity contribution in [3.05, 3.63) is 0 Å². The highest BCUT2D eigenvalue weighted by Gasteiger charge is 1.82. The smallest absolute Gasteiger partial charge is 0.379 e. The Hall–Kier alpha value is -1.46. The molecule has 2 N–H and O–H groups in total. The molecule has 0 aromatic heterocycles. The van der Waals surface area contributed by atoms with Gasteiger partial charge in [-0.25, -0.2) is 10.8 Å². The number of hydrogen-bond acceptors (Lipinski definition) is 6. The summed E-state index contributed by atoms with van der Waals surface area (Å²) in [6.07, 6.45) is -0.315. The van der Waals surface area contributed by atoms with Gasteiger partial charge in [0.25, 0.3) is 0 Å². The third-order valence-electron chi connectivity index (χ3n) is 0.742. The Kier molecular flexibility index (Phi) is 10.5. The van der Waals surface area contributed by atoms with Crippen LogP contribution in [0.4, 0.5) is 0 Å².